The van der Waals surface area contributed by atoms with Crippen molar-refractivity contribution in [1.82, 2.24) is 5.32 Å². The van der Waals surface area contributed by atoms with Gasteiger partial charge >= 0.3 is 0 Å². The van der Waals surface area contributed by atoms with E-state index in [1.165, 1.54) is 23.3 Å². The lowest BCUT2D eigenvalue weighted by molar-refractivity contribution is 0.243. The molecule has 0 radical (unpaired) electrons. The predicted molar refractivity (Wildman–Crippen MR) is 103 cm³/mol. The summed E-state index contributed by atoms with van der Waals surface area (Å²) in [7, 11) is 0. The molecule has 1 aliphatic carbocycles. The number of nitrogens with one attached hydrogen (secondary N) is 1. The lowest BCUT2D eigenvalue weighted by Crippen LogP contribution is -2.45. The van der Waals surface area contributed by atoms with E-state index in [2.05, 4.69) is 35.0 Å². The van der Waals surface area contributed by atoms with Crippen LogP contribution in [0.1, 0.15) is 36.1 Å². The predicted octanol–water partition coefficient (Wildman–Crippen LogP) is 4.75. The highest BCUT2D eigenvalue weighted by Gasteiger charge is 2.36. The van der Waals surface area contributed by atoms with Crippen molar-refractivity contribution in [1.29, 1.82) is 0 Å². The van der Waals surface area contributed by atoms with E-state index in [1.54, 1.807) is 0 Å². The summed E-state index contributed by atoms with van der Waals surface area (Å²) in [5, 5.41) is 6.66. The van der Waals surface area contributed by atoms with Gasteiger partial charge in [-0.25, -0.2) is 0 Å². The molecule has 2 aromatic rings. The number of nitrogens with two attached hydrogens (primary N) is 1. The second-order valence-corrected chi connectivity index (χ2v) is 7.72. The molecule has 2 atom stereocenters. The topological polar surface area (TPSA) is 38.0 Å². The van der Waals surface area contributed by atoms with E-state index in [9.17, 15) is 0 Å². The Hall–Kier alpha value is -0.580. The minimum Gasteiger partial charge on any atom is -0.330 e. The van der Waals surface area contributed by atoms with Crippen molar-refractivity contribution < 1.29 is 0 Å². The van der Waals surface area contributed by atoms with Gasteiger partial charge in [-0.05, 0) is 48.4 Å². The Morgan fingerprint density at radius 1 is 1.30 bits per heavy atom. The zero-order chi connectivity index (χ0) is 15.4. The van der Waals surface area contributed by atoms with Crippen LogP contribution >= 0.6 is 35.3 Å². The molecule has 2 unspecified atom stereocenters. The quantitative estimate of drug-likeness (QED) is 0.796. The second-order valence-electron chi connectivity index (χ2n) is 6.25. The van der Waals surface area contributed by atoms with E-state index in [1.807, 2.05) is 23.5 Å². The monoisotopic (exact) mass is 370 g/mol. The Balaban J connectivity index is 0.00000192. The van der Waals surface area contributed by atoms with Crippen molar-refractivity contribution in [3.05, 3.63) is 57.2 Å². The van der Waals surface area contributed by atoms with Gasteiger partial charge in [0.1, 0.15) is 0 Å². The van der Waals surface area contributed by atoms with Crippen LogP contribution in [-0.2, 0) is 12.0 Å². The van der Waals surface area contributed by atoms with E-state index in [4.69, 9.17) is 17.3 Å². The van der Waals surface area contributed by atoms with E-state index in [0.29, 0.717) is 12.6 Å². The third kappa shape index (κ3) is 4.49. The van der Waals surface area contributed by atoms with Crippen molar-refractivity contribution in [3.8, 4) is 0 Å². The molecule has 0 aliphatic heterocycles. The van der Waals surface area contributed by atoms with Crippen molar-refractivity contribution in [2.45, 2.75) is 43.7 Å². The first kappa shape index (κ1) is 18.8. The highest BCUT2D eigenvalue weighted by atomic mass is 35.5. The fourth-order valence-electron chi connectivity index (χ4n) is 3.58. The van der Waals surface area contributed by atoms with E-state index < -0.39 is 0 Å². The van der Waals surface area contributed by atoms with Gasteiger partial charge in [-0.3, -0.25) is 0 Å². The third-order valence-electron chi connectivity index (χ3n) is 4.82. The first-order chi connectivity index (χ1) is 10.7. The molecule has 1 heterocycles. The fraction of sp³-hybridized carbons (Fsp3) is 0.444. The summed E-state index contributed by atoms with van der Waals surface area (Å²) in [6.45, 7) is 1.64. The Morgan fingerprint density at radius 3 is 2.87 bits per heavy atom. The Kier molecular flexibility index (Phi) is 6.93. The zero-order valence-corrected chi connectivity index (χ0v) is 15.5. The van der Waals surface area contributed by atoms with Gasteiger partial charge in [0.2, 0.25) is 0 Å². The van der Waals surface area contributed by atoms with Crippen LogP contribution in [0.3, 0.4) is 0 Å². The van der Waals surface area contributed by atoms with Crippen LogP contribution in [0.25, 0.3) is 0 Å². The maximum atomic E-state index is 6.20. The molecule has 0 saturated heterocycles. The van der Waals surface area contributed by atoms with Crippen LogP contribution in [0.15, 0.2) is 41.8 Å². The number of hydrogen-bond donors (Lipinski definition) is 2. The lowest BCUT2D eigenvalue weighted by Gasteiger charge is -2.41. The molecular weight excluding hydrogens is 347 g/mol. The summed E-state index contributed by atoms with van der Waals surface area (Å²) in [5.74, 6) is 0. The lowest BCUT2D eigenvalue weighted by atomic mass is 9.68. The van der Waals surface area contributed by atoms with Gasteiger partial charge in [0.25, 0.3) is 0 Å². The van der Waals surface area contributed by atoms with Gasteiger partial charge in [-0.15, -0.1) is 23.7 Å². The van der Waals surface area contributed by atoms with Crippen molar-refractivity contribution in [2.75, 3.05) is 6.54 Å². The summed E-state index contributed by atoms with van der Waals surface area (Å²) in [6, 6.07) is 13.1. The highest BCUT2D eigenvalue weighted by molar-refractivity contribution is 7.09. The average molecular weight is 371 g/mol. The standard InChI is InChI=1S/C18H23ClN2S.ClH/c19-15-5-1-4-14(10-15)18(13-20)8-2-6-16(11-18)21-12-17-7-3-9-22-17;/h1,3-5,7,9-10,16,21H,2,6,8,11-13,20H2;1H. The normalized spacial score (nSPS) is 24.2. The summed E-state index contributed by atoms with van der Waals surface area (Å²) in [4.78, 5) is 1.40. The number of halogens is 2. The molecule has 1 aromatic carbocycles. The molecule has 0 amide bonds. The first-order valence-corrected chi connectivity index (χ1v) is 9.19. The van der Waals surface area contributed by atoms with Crippen LogP contribution in [0.4, 0.5) is 0 Å². The van der Waals surface area contributed by atoms with E-state index in [-0.39, 0.29) is 17.8 Å². The molecule has 3 rings (SSSR count). The maximum Gasteiger partial charge on any atom is 0.0408 e. The summed E-state index contributed by atoms with van der Waals surface area (Å²) in [6.07, 6.45) is 4.69. The molecule has 3 N–H and O–H groups in total. The molecule has 23 heavy (non-hydrogen) atoms. The van der Waals surface area contributed by atoms with Gasteiger partial charge in [0.15, 0.2) is 0 Å². The van der Waals surface area contributed by atoms with Gasteiger partial charge in [0, 0.05) is 34.4 Å². The molecule has 0 bridgehead atoms. The van der Waals surface area contributed by atoms with Crippen LogP contribution < -0.4 is 11.1 Å². The third-order valence-corrected chi connectivity index (χ3v) is 5.93. The summed E-state index contributed by atoms with van der Waals surface area (Å²) in [5.41, 5.74) is 7.57. The second kappa shape index (κ2) is 8.50. The maximum absolute atomic E-state index is 6.20. The molecule has 1 aromatic heterocycles. The Bertz CT molecular complexity index is 603. The number of thiophene rings is 1. The van der Waals surface area contributed by atoms with Crippen LogP contribution in [-0.4, -0.2) is 12.6 Å². The number of hydrogen-bond acceptors (Lipinski definition) is 3. The molecule has 126 valence electrons. The van der Waals surface area contributed by atoms with Crippen molar-refractivity contribution in [3.63, 3.8) is 0 Å². The van der Waals surface area contributed by atoms with Gasteiger partial charge < -0.3 is 11.1 Å². The van der Waals surface area contributed by atoms with Gasteiger partial charge in [-0.2, -0.15) is 0 Å². The Labute approximate surface area is 153 Å². The first-order valence-electron chi connectivity index (χ1n) is 7.94. The Morgan fingerprint density at radius 2 is 2.17 bits per heavy atom. The van der Waals surface area contributed by atoms with Gasteiger partial charge in [-0.1, -0.05) is 36.2 Å². The molecule has 1 saturated carbocycles. The SMILES string of the molecule is Cl.NCC1(c2cccc(Cl)c2)CCCC(NCc2cccs2)C1. The average Bonchev–Trinajstić information content (AvgIpc) is 3.06. The molecular formula is C18H24Cl2N2S. The minimum atomic E-state index is 0. The largest absolute Gasteiger partial charge is 0.330 e. The molecule has 2 nitrogen and oxygen atoms in total. The van der Waals surface area contributed by atoms with E-state index >= 15 is 0 Å². The molecule has 0 spiro atoms. The van der Waals surface area contributed by atoms with Crippen molar-refractivity contribution >= 4 is 35.3 Å². The smallest absolute Gasteiger partial charge is 0.0408 e. The molecule has 1 aliphatic rings. The number of rotatable bonds is 5. The molecule has 5 heteroatoms. The number of benzene rings is 1. The van der Waals surface area contributed by atoms with Crippen LogP contribution in [0.5, 0.6) is 0 Å². The van der Waals surface area contributed by atoms with Crippen LogP contribution in [0.2, 0.25) is 5.02 Å². The molecule has 1 fully saturated rings. The van der Waals surface area contributed by atoms with Gasteiger partial charge in [0.05, 0.1) is 0 Å². The van der Waals surface area contributed by atoms with Crippen LogP contribution in [0, 0.1) is 0 Å². The summed E-state index contributed by atoms with van der Waals surface area (Å²) >= 11 is 8.00. The highest BCUT2D eigenvalue weighted by Crippen LogP contribution is 2.39. The minimum absolute atomic E-state index is 0. The zero-order valence-electron chi connectivity index (χ0n) is 13.1. The van der Waals surface area contributed by atoms with Crippen molar-refractivity contribution in [2.24, 2.45) is 5.73 Å². The van der Waals surface area contributed by atoms with E-state index in [0.717, 1.165) is 24.4 Å². The fourth-order valence-corrected chi connectivity index (χ4v) is 4.42. The summed E-state index contributed by atoms with van der Waals surface area (Å²) < 4.78 is 0.